The lowest BCUT2D eigenvalue weighted by atomic mass is 9.77. The van der Waals surface area contributed by atoms with Crippen molar-refractivity contribution in [1.82, 2.24) is 20.1 Å². The molecule has 0 bridgehead atoms. The molecule has 13 heteroatoms. The molecule has 3 atom stereocenters. The van der Waals surface area contributed by atoms with Crippen LogP contribution in [0.2, 0.25) is 0 Å². The van der Waals surface area contributed by atoms with Gasteiger partial charge in [0.05, 0.1) is 33.8 Å². The summed E-state index contributed by atoms with van der Waals surface area (Å²) in [6.45, 7) is 3.18. The quantitative estimate of drug-likeness (QED) is 0.368. The Balaban J connectivity index is 1.38. The van der Waals surface area contributed by atoms with Crippen molar-refractivity contribution in [3.8, 4) is 5.75 Å². The van der Waals surface area contributed by atoms with Gasteiger partial charge in [0.25, 0.3) is 6.43 Å². The van der Waals surface area contributed by atoms with Crippen molar-refractivity contribution in [2.75, 3.05) is 6.61 Å². The first-order valence-corrected chi connectivity index (χ1v) is 12.5. The van der Waals surface area contributed by atoms with E-state index in [1.807, 2.05) is 0 Å². The van der Waals surface area contributed by atoms with Crippen molar-refractivity contribution in [1.29, 1.82) is 0 Å². The molecule has 1 saturated carbocycles. The average Bonchev–Trinajstić information content (AvgIpc) is 3.15. The molecule has 1 aliphatic carbocycles. The molecule has 1 aromatic carbocycles. The highest BCUT2D eigenvalue weighted by molar-refractivity contribution is 5.85. The second kappa shape index (κ2) is 9.63. The average molecular weight is 559 g/mol. The molecule has 0 spiro atoms. The van der Waals surface area contributed by atoms with Crippen LogP contribution in [0.4, 0.5) is 26.3 Å². The van der Waals surface area contributed by atoms with Crippen LogP contribution in [0.25, 0.3) is 10.9 Å². The van der Waals surface area contributed by atoms with E-state index in [2.05, 4.69) is 15.4 Å². The maximum atomic E-state index is 14.8. The third-order valence-electron chi connectivity index (χ3n) is 7.45. The van der Waals surface area contributed by atoms with Crippen molar-refractivity contribution in [2.24, 2.45) is 0 Å². The van der Waals surface area contributed by atoms with Gasteiger partial charge in [0.15, 0.2) is 0 Å². The van der Waals surface area contributed by atoms with Crippen molar-refractivity contribution in [3.63, 3.8) is 0 Å². The molecule has 2 aromatic heterocycles. The molecule has 3 heterocycles. The van der Waals surface area contributed by atoms with Gasteiger partial charge < -0.3 is 20.3 Å². The lowest BCUT2D eigenvalue weighted by Crippen LogP contribution is -2.53. The Morgan fingerprint density at radius 2 is 1.87 bits per heavy atom. The lowest BCUT2D eigenvalue weighted by Gasteiger charge is -2.41. The molecule has 1 saturated heterocycles. The first kappa shape index (κ1) is 27.7. The maximum Gasteiger partial charge on any atom is 0.418 e. The topological polar surface area (TPSA) is 92.4 Å². The number of halogens is 6. The molecular formula is C26H28F6N4O3. The lowest BCUT2D eigenvalue weighted by molar-refractivity contribution is -0.136. The molecule has 212 valence electrons. The number of rotatable bonds is 6. The Kier molecular flexibility index (Phi) is 6.83. The number of pyridine rings is 1. The van der Waals surface area contributed by atoms with E-state index in [0.717, 1.165) is 23.0 Å². The zero-order valence-electron chi connectivity index (χ0n) is 21.1. The minimum absolute atomic E-state index is 0.0562. The largest absolute Gasteiger partial charge is 0.492 e. The fourth-order valence-corrected chi connectivity index (χ4v) is 5.74. The molecule has 1 aliphatic heterocycles. The van der Waals surface area contributed by atoms with Crippen molar-refractivity contribution in [2.45, 2.75) is 81.5 Å². The summed E-state index contributed by atoms with van der Waals surface area (Å²) in [5.41, 5.74) is -4.12. The molecule has 2 aliphatic rings. The monoisotopic (exact) mass is 558 g/mol. The maximum absolute atomic E-state index is 14.8. The Morgan fingerprint density at radius 1 is 1.15 bits per heavy atom. The summed E-state index contributed by atoms with van der Waals surface area (Å²) in [5.74, 6) is -1.30. The van der Waals surface area contributed by atoms with Crippen molar-refractivity contribution >= 4 is 10.9 Å². The predicted molar refractivity (Wildman–Crippen MR) is 128 cm³/mol. The van der Waals surface area contributed by atoms with Crippen LogP contribution in [-0.2, 0) is 11.8 Å². The summed E-state index contributed by atoms with van der Waals surface area (Å²) in [6, 6.07) is 3.11. The number of ether oxygens (including phenoxy) is 1. The summed E-state index contributed by atoms with van der Waals surface area (Å²) in [5, 5.41) is 27.9. The van der Waals surface area contributed by atoms with Crippen LogP contribution in [0, 0.1) is 5.95 Å². The van der Waals surface area contributed by atoms with E-state index in [4.69, 9.17) is 4.74 Å². The van der Waals surface area contributed by atoms with Crippen molar-refractivity contribution < 1.29 is 41.3 Å². The zero-order chi connectivity index (χ0) is 28.3. The Morgan fingerprint density at radius 3 is 2.46 bits per heavy atom. The zero-order valence-corrected chi connectivity index (χ0v) is 21.1. The van der Waals surface area contributed by atoms with Crippen molar-refractivity contribution in [3.05, 3.63) is 53.2 Å². The third-order valence-corrected chi connectivity index (χ3v) is 7.45. The summed E-state index contributed by atoms with van der Waals surface area (Å²) >= 11 is 0. The van der Waals surface area contributed by atoms with Gasteiger partial charge in [-0.1, -0.05) is 0 Å². The molecule has 5 rings (SSSR count). The normalized spacial score (nSPS) is 29.6. The number of aromatic nitrogens is 3. The molecule has 2 fully saturated rings. The molecule has 39 heavy (non-hydrogen) atoms. The highest BCUT2D eigenvalue weighted by atomic mass is 19.4. The van der Waals surface area contributed by atoms with Gasteiger partial charge in [-0.15, -0.1) is 5.10 Å². The van der Waals surface area contributed by atoms with E-state index < -0.39 is 52.9 Å². The molecule has 3 aromatic rings. The highest BCUT2D eigenvalue weighted by Crippen LogP contribution is 2.45. The summed E-state index contributed by atoms with van der Waals surface area (Å²) in [4.78, 5) is 4.01. The highest BCUT2D eigenvalue weighted by Gasteiger charge is 2.44. The number of fused-ring (bicyclic) bond motifs is 1. The second-order valence-corrected chi connectivity index (χ2v) is 11.0. The van der Waals surface area contributed by atoms with Crippen LogP contribution < -0.4 is 10.1 Å². The van der Waals surface area contributed by atoms with Gasteiger partial charge in [-0.3, -0.25) is 9.67 Å². The van der Waals surface area contributed by atoms with Crippen LogP contribution in [0.3, 0.4) is 0 Å². The van der Waals surface area contributed by atoms with Gasteiger partial charge in [0.2, 0.25) is 5.95 Å². The van der Waals surface area contributed by atoms with E-state index in [1.165, 1.54) is 12.1 Å². The van der Waals surface area contributed by atoms with E-state index in [-0.39, 0.29) is 60.7 Å². The van der Waals surface area contributed by atoms with Gasteiger partial charge in [-0.2, -0.15) is 17.6 Å². The first-order valence-electron chi connectivity index (χ1n) is 12.5. The molecule has 3 unspecified atom stereocenters. The first-order chi connectivity index (χ1) is 18.1. The Bertz CT molecular complexity index is 1350. The molecule has 0 amide bonds. The van der Waals surface area contributed by atoms with Crippen LogP contribution in [-0.4, -0.2) is 49.3 Å². The molecule has 7 nitrogen and oxygen atoms in total. The SMILES string of the molecule is CC1CC(O)(c2ccc(C(F)F)cn2)CC(COc2cc(C(F)(F)F)c3c(c2)c(F)nn3C2CC(C)(O)C2)N1. The number of benzene rings is 1. The minimum Gasteiger partial charge on any atom is -0.492 e. The number of nitrogens with zero attached hydrogens (tertiary/aromatic N) is 3. The standard InChI is InChI=1S/C26H28F6N4O3/c1-13-7-25(38,20-4-3-14(11-33-20)22(27)28)8-15(34-13)12-39-17-5-18-21(19(6-17)26(30,31)32)36(35-23(18)29)16-9-24(2,37)10-16/h3-6,11,13,15-16,22,34,37-38H,7-10,12H2,1-2H3. The Labute approximate surface area is 219 Å². The van der Waals surface area contributed by atoms with Gasteiger partial charge in [-0.25, -0.2) is 8.78 Å². The summed E-state index contributed by atoms with van der Waals surface area (Å²) < 4.78 is 89.4. The smallest absolute Gasteiger partial charge is 0.418 e. The van der Waals surface area contributed by atoms with Crippen LogP contribution in [0.5, 0.6) is 5.75 Å². The number of aliphatic hydroxyl groups is 2. The van der Waals surface area contributed by atoms with E-state index >= 15 is 0 Å². The van der Waals surface area contributed by atoms with Gasteiger partial charge >= 0.3 is 6.18 Å². The fourth-order valence-electron chi connectivity index (χ4n) is 5.74. The van der Waals surface area contributed by atoms with E-state index in [0.29, 0.717) is 0 Å². The van der Waals surface area contributed by atoms with Crippen LogP contribution in [0.15, 0.2) is 30.5 Å². The number of hydrogen-bond donors (Lipinski definition) is 3. The molecule has 3 N–H and O–H groups in total. The molecular weight excluding hydrogens is 530 g/mol. The van der Waals surface area contributed by atoms with Crippen LogP contribution >= 0.6 is 0 Å². The Hall–Kier alpha value is -2.90. The number of nitrogens with one attached hydrogen (secondary N) is 1. The van der Waals surface area contributed by atoms with E-state index in [1.54, 1.807) is 13.8 Å². The number of piperidine rings is 1. The second-order valence-electron chi connectivity index (χ2n) is 11.0. The fraction of sp³-hybridized carbons (Fsp3) is 0.538. The number of hydrogen-bond acceptors (Lipinski definition) is 6. The number of alkyl halides is 5. The summed E-state index contributed by atoms with van der Waals surface area (Å²) in [7, 11) is 0. The summed E-state index contributed by atoms with van der Waals surface area (Å²) in [6.07, 6.45) is -5.95. The molecule has 0 radical (unpaired) electrons. The predicted octanol–water partition coefficient (Wildman–Crippen LogP) is 5.02. The van der Waals surface area contributed by atoms with Gasteiger partial charge in [0, 0.05) is 30.3 Å². The van der Waals surface area contributed by atoms with E-state index in [9.17, 15) is 36.6 Å². The minimum atomic E-state index is -4.83. The third kappa shape index (κ3) is 5.44. The van der Waals surface area contributed by atoms with Gasteiger partial charge in [-0.05, 0) is 57.4 Å². The van der Waals surface area contributed by atoms with Gasteiger partial charge in [0.1, 0.15) is 18.0 Å². The van der Waals surface area contributed by atoms with Crippen LogP contribution in [0.1, 0.15) is 68.8 Å².